The van der Waals surface area contributed by atoms with Crippen LogP contribution in [0.25, 0.3) is 0 Å². The Labute approximate surface area is 201 Å². The molecule has 0 unspecified atom stereocenters. The lowest BCUT2D eigenvalue weighted by Crippen LogP contribution is -2.56. The molecule has 5 nitrogen and oxygen atoms in total. The predicted molar refractivity (Wildman–Crippen MR) is 128 cm³/mol. The van der Waals surface area contributed by atoms with E-state index >= 15 is 0 Å². The number of nitrogens with zero attached hydrogens (tertiary/aromatic N) is 3. The highest BCUT2D eigenvalue weighted by atomic mass is 19.2. The van der Waals surface area contributed by atoms with Crippen LogP contribution < -0.4 is 10.2 Å². The van der Waals surface area contributed by atoms with E-state index in [-0.39, 0.29) is 12.1 Å². The number of amides is 2. The van der Waals surface area contributed by atoms with Crippen molar-refractivity contribution in [2.75, 3.05) is 50.7 Å². The average molecular weight is 481 g/mol. The lowest BCUT2D eigenvalue weighted by Gasteiger charge is -2.41. The summed E-state index contributed by atoms with van der Waals surface area (Å²) in [4.78, 5) is 19.0. The molecule has 4 rings (SSSR count). The number of hydrogen-bond donors (Lipinski definition) is 1. The number of nitrogens with one attached hydrogen (secondary N) is 1. The van der Waals surface area contributed by atoms with E-state index < -0.39 is 17.5 Å². The molecular weight excluding hydrogens is 441 g/mol. The van der Waals surface area contributed by atoms with E-state index in [2.05, 4.69) is 10.2 Å². The highest BCUT2D eigenvalue weighted by Gasteiger charge is 2.29. The molecule has 0 bridgehead atoms. The molecule has 1 saturated carbocycles. The highest BCUT2D eigenvalue weighted by molar-refractivity contribution is 5.75. The molecule has 1 aliphatic carbocycles. The van der Waals surface area contributed by atoms with Gasteiger partial charge in [0.15, 0.2) is 17.5 Å². The third-order valence-corrected chi connectivity index (χ3v) is 8.00. The van der Waals surface area contributed by atoms with Gasteiger partial charge in [0.25, 0.3) is 0 Å². The van der Waals surface area contributed by atoms with Gasteiger partial charge in [-0.3, -0.25) is 0 Å². The van der Waals surface area contributed by atoms with Crippen LogP contribution in [0.1, 0.15) is 58.3 Å². The highest BCUT2D eigenvalue weighted by Crippen LogP contribution is 2.27. The van der Waals surface area contributed by atoms with Crippen LogP contribution in [0, 0.1) is 29.3 Å². The SMILES string of the molecule is C[C@@H]1CN(c2cc(F)c(F)c(F)c2)CCN1C(=O)NCCC1CCN(CC2CCCCC2)CC1. The number of benzene rings is 1. The van der Waals surface area contributed by atoms with Crippen molar-refractivity contribution in [2.24, 2.45) is 11.8 Å². The molecule has 2 aliphatic heterocycles. The van der Waals surface area contributed by atoms with Gasteiger partial charge in [-0.2, -0.15) is 0 Å². The van der Waals surface area contributed by atoms with E-state index in [4.69, 9.17) is 0 Å². The molecule has 3 fully saturated rings. The predicted octanol–water partition coefficient (Wildman–Crippen LogP) is 5.01. The average Bonchev–Trinajstić information content (AvgIpc) is 2.84. The third-order valence-electron chi connectivity index (χ3n) is 8.00. The molecule has 0 spiro atoms. The Bertz CT molecular complexity index is 801. The summed E-state index contributed by atoms with van der Waals surface area (Å²) >= 11 is 0. The zero-order valence-electron chi connectivity index (χ0n) is 20.4. The topological polar surface area (TPSA) is 38.8 Å². The van der Waals surface area contributed by atoms with Crippen LogP contribution in [-0.4, -0.2) is 67.7 Å². The van der Waals surface area contributed by atoms with Gasteiger partial charge in [0.05, 0.1) is 0 Å². The Morgan fingerprint density at radius 3 is 2.26 bits per heavy atom. The zero-order chi connectivity index (χ0) is 24.1. The number of carbonyl (C=O) groups is 1. The van der Waals surface area contributed by atoms with E-state index in [1.807, 2.05) is 6.92 Å². The second-order valence-electron chi connectivity index (χ2n) is 10.5. The normalized spacial score (nSPS) is 23.4. The van der Waals surface area contributed by atoms with Crippen LogP contribution in [-0.2, 0) is 0 Å². The van der Waals surface area contributed by atoms with Crippen LogP contribution in [0.4, 0.5) is 23.7 Å². The Morgan fingerprint density at radius 1 is 0.941 bits per heavy atom. The second kappa shape index (κ2) is 11.6. The van der Waals surface area contributed by atoms with Gasteiger partial charge in [-0.15, -0.1) is 0 Å². The maximum atomic E-state index is 13.6. The largest absolute Gasteiger partial charge is 0.368 e. The molecule has 2 amide bonds. The van der Waals surface area contributed by atoms with Crippen LogP contribution in [0.2, 0.25) is 0 Å². The molecule has 1 N–H and O–H groups in total. The first kappa shape index (κ1) is 25.1. The molecule has 8 heteroatoms. The van der Waals surface area contributed by atoms with Gasteiger partial charge in [0.2, 0.25) is 0 Å². The fourth-order valence-electron chi connectivity index (χ4n) is 5.90. The standard InChI is InChI=1S/C26H39F3N4O/c1-19-17-32(22-15-23(27)25(29)24(28)16-22)13-14-33(19)26(34)30-10-7-20-8-11-31(12-9-20)18-21-5-3-2-4-6-21/h15-16,19-21H,2-14,17-18H2,1H3,(H,30,34)/t19-/m1/s1. The van der Waals surface area contributed by atoms with Gasteiger partial charge >= 0.3 is 6.03 Å². The summed E-state index contributed by atoms with van der Waals surface area (Å²) < 4.78 is 40.5. The molecule has 0 radical (unpaired) electrons. The number of piperazine rings is 1. The number of hydrogen-bond acceptors (Lipinski definition) is 3. The van der Waals surface area contributed by atoms with Gasteiger partial charge in [-0.05, 0) is 64.0 Å². The van der Waals surface area contributed by atoms with Crippen molar-refractivity contribution in [1.82, 2.24) is 15.1 Å². The van der Waals surface area contributed by atoms with E-state index in [1.54, 1.807) is 9.80 Å². The van der Waals surface area contributed by atoms with E-state index in [0.717, 1.165) is 24.5 Å². The summed E-state index contributed by atoms with van der Waals surface area (Å²) in [7, 11) is 0. The summed E-state index contributed by atoms with van der Waals surface area (Å²) in [5.41, 5.74) is 0.304. The van der Waals surface area contributed by atoms with Crippen molar-refractivity contribution in [3.8, 4) is 0 Å². The molecule has 1 aromatic rings. The van der Waals surface area contributed by atoms with Crippen LogP contribution >= 0.6 is 0 Å². The minimum atomic E-state index is -1.45. The number of halogens is 3. The Hall–Kier alpha value is -1.96. The first-order chi connectivity index (χ1) is 16.4. The van der Waals surface area contributed by atoms with Crippen molar-refractivity contribution >= 4 is 11.7 Å². The number of anilines is 1. The monoisotopic (exact) mass is 480 g/mol. The quantitative estimate of drug-likeness (QED) is 0.582. The van der Waals surface area contributed by atoms with Gasteiger partial charge in [0.1, 0.15) is 0 Å². The Morgan fingerprint density at radius 2 is 1.62 bits per heavy atom. The molecule has 34 heavy (non-hydrogen) atoms. The summed E-state index contributed by atoms with van der Waals surface area (Å²) in [5, 5.41) is 3.07. The molecule has 2 saturated heterocycles. The number of rotatable bonds is 6. The van der Waals surface area contributed by atoms with Crippen LogP contribution in [0.15, 0.2) is 12.1 Å². The molecule has 1 aromatic carbocycles. The van der Waals surface area contributed by atoms with Crippen molar-refractivity contribution in [2.45, 2.75) is 64.3 Å². The summed E-state index contributed by atoms with van der Waals surface area (Å²) in [5.74, 6) is -2.27. The fraction of sp³-hybridized carbons (Fsp3) is 0.731. The maximum Gasteiger partial charge on any atom is 0.317 e. The third kappa shape index (κ3) is 6.37. The summed E-state index contributed by atoms with van der Waals surface area (Å²) in [6.45, 7) is 7.56. The molecule has 190 valence electrons. The summed E-state index contributed by atoms with van der Waals surface area (Å²) in [6.07, 6.45) is 10.4. The molecular formula is C26H39F3N4O. The molecule has 0 aromatic heterocycles. The first-order valence-corrected chi connectivity index (χ1v) is 13.1. The molecule has 3 aliphatic rings. The first-order valence-electron chi connectivity index (χ1n) is 13.1. The Balaban J connectivity index is 1.15. The van der Waals surface area contributed by atoms with E-state index in [0.29, 0.717) is 37.8 Å². The van der Waals surface area contributed by atoms with Crippen molar-refractivity contribution in [1.29, 1.82) is 0 Å². The molecule has 2 heterocycles. The van der Waals surface area contributed by atoms with E-state index in [1.165, 1.54) is 64.6 Å². The lowest BCUT2D eigenvalue weighted by atomic mass is 9.87. The number of carbonyl (C=O) groups excluding carboxylic acids is 1. The number of piperidine rings is 1. The fourth-order valence-corrected chi connectivity index (χ4v) is 5.90. The van der Waals surface area contributed by atoms with Gasteiger partial charge in [-0.1, -0.05) is 19.3 Å². The van der Waals surface area contributed by atoms with E-state index in [9.17, 15) is 18.0 Å². The second-order valence-corrected chi connectivity index (χ2v) is 10.5. The van der Waals surface area contributed by atoms with Crippen molar-refractivity contribution < 1.29 is 18.0 Å². The van der Waals surface area contributed by atoms with Crippen molar-refractivity contribution in [3.05, 3.63) is 29.6 Å². The van der Waals surface area contributed by atoms with Crippen LogP contribution in [0.3, 0.4) is 0 Å². The summed E-state index contributed by atoms with van der Waals surface area (Å²) in [6, 6.07) is 1.83. The zero-order valence-corrected chi connectivity index (χ0v) is 20.4. The van der Waals surface area contributed by atoms with Gasteiger partial charge in [0, 0.05) is 56.6 Å². The minimum Gasteiger partial charge on any atom is -0.368 e. The van der Waals surface area contributed by atoms with Crippen LogP contribution in [0.5, 0.6) is 0 Å². The Kier molecular flexibility index (Phi) is 8.61. The smallest absolute Gasteiger partial charge is 0.317 e. The van der Waals surface area contributed by atoms with Crippen molar-refractivity contribution in [3.63, 3.8) is 0 Å². The number of urea groups is 1. The number of likely N-dealkylation sites (tertiary alicyclic amines) is 1. The minimum absolute atomic E-state index is 0.0849. The van der Waals surface area contributed by atoms with Gasteiger partial charge < -0.3 is 20.0 Å². The van der Waals surface area contributed by atoms with Gasteiger partial charge in [-0.25, -0.2) is 18.0 Å². The maximum absolute atomic E-state index is 13.6. The molecule has 1 atom stereocenters. The lowest BCUT2D eigenvalue weighted by molar-refractivity contribution is 0.141.